The topological polar surface area (TPSA) is 21.8 Å². The van der Waals surface area contributed by atoms with Crippen LogP contribution in [0.1, 0.15) is 6.92 Å². The summed E-state index contributed by atoms with van der Waals surface area (Å²) in [5.74, 6) is 0. The van der Waals surface area contributed by atoms with Crippen LogP contribution in [0, 0.1) is 0 Å². The minimum atomic E-state index is -5.50. The average molecular weight is 238 g/mol. The first-order chi connectivity index (χ1) is 6.58. The van der Waals surface area contributed by atoms with Gasteiger partial charge in [-0.25, -0.2) is 0 Å². The summed E-state index contributed by atoms with van der Waals surface area (Å²) in [5, 5.41) is 0. The molecule has 0 spiro atoms. The third kappa shape index (κ3) is 2.54. The van der Waals surface area contributed by atoms with Crippen LogP contribution in [0.2, 0.25) is 0 Å². The number of rotatable bonds is 3. The number of hydrogen-bond acceptors (Lipinski definition) is 2. The Morgan fingerprint density at radius 1 is 1.13 bits per heavy atom. The maximum absolute atomic E-state index is 12.2. The van der Waals surface area contributed by atoms with E-state index in [4.69, 9.17) is 0 Å². The average Bonchev–Trinajstić information content (AvgIpc) is 2.78. The molecule has 15 heavy (non-hydrogen) atoms. The molecule has 1 aliphatic rings. The fourth-order valence-electron chi connectivity index (χ4n) is 0.748. The number of epoxide rings is 1. The lowest BCUT2D eigenvalue weighted by Gasteiger charge is -2.33. The smallest absolute Gasteiger partial charge is 0.371 e. The number of alkyl halides is 6. The molecule has 0 aromatic carbocycles. The van der Waals surface area contributed by atoms with E-state index in [-0.39, 0.29) is 13.5 Å². The van der Waals surface area contributed by atoms with E-state index in [2.05, 4.69) is 9.47 Å². The Balaban J connectivity index is 2.75. The molecule has 1 atom stereocenters. The summed E-state index contributed by atoms with van der Waals surface area (Å²) >= 11 is 0. The highest BCUT2D eigenvalue weighted by Gasteiger charge is 2.69. The third-order valence-electron chi connectivity index (χ3n) is 2.04. The van der Waals surface area contributed by atoms with E-state index in [1.54, 1.807) is 0 Å². The summed E-state index contributed by atoms with van der Waals surface area (Å²) in [7, 11) is 0. The molecule has 0 aliphatic carbocycles. The van der Waals surface area contributed by atoms with Crippen LogP contribution in [-0.2, 0) is 9.47 Å². The van der Waals surface area contributed by atoms with E-state index in [0.29, 0.717) is 0 Å². The van der Waals surface area contributed by atoms with Crippen LogP contribution in [0.15, 0.2) is 0 Å². The first kappa shape index (κ1) is 12.6. The largest absolute Gasteiger partial charge is 0.426 e. The van der Waals surface area contributed by atoms with Gasteiger partial charge in [0.05, 0.1) is 13.2 Å². The van der Waals surface area contributed by atoms with Crippen LogP contribution in [0.3, 0.4) is 0 Å². The molecule has 8 heteroatoms. The molecule has 0 bridgehead atoms. The number of halogens is 6. The van der Waals surface area contributed by atoms with Crippen molar-refractivity contribution in [2.45, 2.75) is 31.0 Å². The normalized spacial score (nSPS) is 23.0. The van der Waals surface area contributed by atoms with Gasteiger partial charge in [0.1, 0.15) is 6.10 Å². The molecule has 0 radical (unpaired) electrons. The summed E-state index contributed by atoms with van der Waals surface area (Å²) in [4.78, 5) is 0. The molecule has 2 nitrogen and oxygen atoms in total. The minimum Gasteiger partial charge on any atom is -0.371 e. The number of hydrogen-bond donors (Lipinski definition) is 0. The van der Waals surface area contributed by atoms with Gasteiger partial charge in [0.15, 0.2) is 0 Å². The van der Waals surface area contributed by atoms with Crippen molar-refractivity contribution in [1.82, 2.24) is 0 Å². The second-order valence-corrected chi connectivity index (χ2v) is 3.30. The molecule has 0 N–H and O–H groups in total. The maximum atomic E-state index is 12.2. The molecule has 1 rings (SSSR count). The van der Waals surface area contributed by atoms with Crippen LogP contribution in [0.4, 0.5) is 26.3 Å². The minimum absolute atomic E-state index is 0.0324. The van der Waals surface area contributed by atoms with Crippen molar-refractivity contribution >= 4 is 0 Å². The Bertz CT molecular complexity index is 215. The van der Waals surface area contributed by atoms with E-state index >= 15 is 0 Å². The van der Waals surface area contributed by atoms with Crippen molar-refractivity contribution in [3.05, 3.63) is 0 Å². The molecule has 90 valence electrons. The van der Waals surface area contributed by atoms with E-state index in [1.165, 1.54) is 0 Å². The summed E-state index contributed by atoms with van der Waals surface area (Å²) in [6.07, 6.45) is -11.7. The lowest BCUT2D eigenvalue weighted by atomic mass is 10.1. The lowest BCUT2D eigenvalue weighted by molar-refractivity contribution is -0.374. The standard InChI is InChI=1S/C7H8F6O2/c1-5(6(8,9)10,7(11,12)13)15-3-4-2-14-4/h4H,2-3H2,1H3. The highest BCUT2D eigenvalue weighted by molar-refractivity contribution is 4.92. The van der Waals surface area contributed by atoms with Crippen LogP contribution in [0.25, 0.3) is 0 Å². The van der Waals surface area contributed by atoms with Gasteiger partial charge in [-0.2, -0.15) is 26.3 Å². The summed E-state index contributed by atoms with van der Waals surface area (Å²) in [6, 6.07) is 0. The number of ether oxygens (including phenoxy) is 2. The van der Waals surface area contributed by atoms with Crippen molar-refractivity contribution in [1.29, 1.82) is 0 Å². The third-order valence-corrected chi connectivity index (χ3v) is 2.04. The first-order valence-electron chi connectivity index (χ1n) is 3.97. The fourth-order valence-corrected chi connectivity index (χ4v) is 0.748. The van der Waals surface area contributed by atoms with Gasteiger partial charge in [-0.3, -0.25) is 0 Å². The van der Waals surface area contributed by atoms with E-state index in [0.717, 1.165) is 0 Å². The highest BCUT2D eigenvalue weighted by Crippen LogP contribution is 2.45. The molecule has 0 aromatic rings. The lowest BCUT2D eigenvalue weighted by Crippen LogP contribution is -2.56. The van der Waals surface area contributed by atoms with Crippen molar-refractivity contribution in [2.75, 3.05) is 13.2 Å². The van der Waals surface area contributed by atoms with Gasteiger partial charge in [-0.1, -0.05) is 0 Å². The molecule has 1 heterocycles. The van der Waals surface area contributed by atoms with Gasteiger partial charge in [-0.15, -0.1) is 0 Å². The molecular formula is C7H8F6O2. The van der Waals surface area contributed by atoms with Gasteiger partial charge >= 0.3 is 12.4 Å². The van der Waals surface area contributed by atoms with Crippen LogP contribution >= 0.6 is 0 Å². The molecule has 0 saturated carbocycles. The molecule has 0 aromatic heterocycles. The summed E-state index contributed by atoms with van der Waals surface area (Å²) in [6.45, 7) is -0.614. The Morgan fingerprint density at radius 3 is 1.80 bits per heavy atom. The van der Waals surface area contributed by atoms with Crippen molar-refractivity contribution in [3.63, 3.8) is 0 Å². The molecule has 1 fully saturated rings. The predicted octanol–water partition coefficient (Wildman–Crippen LogP) is 2.29. The van der Waals surface area contributed by atoms with Crippen LogP contribution in [-0.4, -0.2) is 37.3 Å². The van der Waals surface area contributed by atoms with Crippen LogP contribution in [0.5, 0.6) is 0 Å². The fraction of sp³-hybridized carbons (Fsp3) is 1.00. The zero-order valence-corrected chi connectivity index (χ0v) is 7.58. The Hall–Kier alpha value is -0.500. The maximum Gasteiger partial charge on any atom is 0.426 e. The van der Waals surface area contributed by atoms with Gasteiger partial charge in [-0.05, 0) is 6.92 Å². The van der Waals surface area contributed by atoms with Gasteiger partial charge in [0.25, 0.3) is 5.60 Å². The van der Waals surface area contributed by atoms with Crippen molar-refractivity contribution < 1.29 is 35.8 Å². The molecular weight excluding hydrogens is 230 g/mol. The molecule has 1 saturated heterocycles. The summed E-state index contributed by atoms with van der Waals surface area (Å²) in [5.41, 5.74) is -4.13. The van der Waals surface area contributed by atoms with Gasteiger partial charge in [0.2, 0.25) is 0 Å². The SMILES string of the molecule is CC(OCC1CO1)(C(F)(F)F)C(F)(F)F. The second kappa shape index (κ2) is 3.51. The zero-order chi connectivity index (χ0) is 11.9. The van der Waals surface area contributed by atoms with E-state index in [9.17, 15) is 26.3 Å². The predicted molar refractivity (Wildman–Crippen MR) is 36.2 cm³/mol. The first-order valence-corrected chi connectivity index (χ1v) is 3.97. The van der Waals surface area contributed by atoms with E-state index in [1.807, 2.05) is 0 Å². The Morgan fingerprint density at radius 2 is 1.53 bits per heavy atom. The second-order valence-electron chi connectivity index (χ2n) is 3.30. The summed E-state index contributed by atoms with van der Waals surface area (Å²) < 4.78 is 81.5. The van der Waals surface area contributed by atoms with Crippen molar-refractivity contribution in [2.24, 2.45) is 0 Å². The van der Waals surface area contributed by atoms with Gasteiger partial charge < -0.3 is 9.47 Å². The zero-order valence-electron chi connectivity index (χ0n) is 7.58. The van der Waals surface area contributed by atoms with Gasteiger partial charge in [0, 0.05) is 0 Å². The van der Waals surface area contributed by atoms with E-state index < -0.39 is 30.7 Å². The molecule has 0 amide bonds. The Kier molecular flexibility index (Phi) is 2.94. The van der Waals surface area contributed by atoms with Crippen LogP contribution < -0.4 is 0 Å². The highest BCUT2D eigenvalue weighted by atomic mass is 19.4. The Labute approximate surface area is 81.1 Å². The van der Waals surface area contributed by atoms with Crippen molar-refractivity contribution in [3.8, 4) is 0 Å². The monoisotopic (exact) mass is 238 g/mol. The molecule has 1 unspecified atom stereocenters. The molecule has 1 aliphatic heterocycles. The quantitative estimate of drug-likeness (QED) is 0.555.